The van der Waals surface area contributed by atoms with Crippen molar-refractivity contribution < 1.29 is 22.4 Å². The number of carbonyl (C=O) groups is 2. The van der Waals surface area contributed by atoms with Gasteiger partial charge in [0.05, 0.1) is 11.9 Å². The Balaban J connectivity index is 2.07. The number of carbonyl (C=O) groups excluding carboxylic acids is 2. The third-order valence-electron chi connectivity index (χ3n) is 6.22. The first kappa shape index (κ1) is 28.8. The zero-order chi connectivity index (χ0) is 27.9. The summed E-state index contributed by atoms with van der Waals surface area (Å²) in [5.41, 5.74) is 3.04. The predicted octanol–water partition coefficient (Wildman–Crippen LogP) is 3.98. The SMILES string of the molecule is CCNC(=O)C(Cc1ccccc1)N(Cc1ccccc1F)C(=O)CN(c1ccc(C)cc1C)S(C)(=O)=O. The van der Waals surface area contributed by atoms with Crippen molar-refractivity contribution >= 4 is 27.5 Å². The van der Waals surface area contributed by atoms with Crippen molar-refractivity contribution in [3.05, 3.63) is 101 Å². The number of sulfonamides is 1. The number of aryl methyl sites for hydroxylation is 2. The number of halogens is 1. The van der Waals surface area contributed by atoms with E-state index in [2.05, 4.69) is 5.32 Å². The van der Waals surface area contributed by atoms with Crippen LogP contribution in [-0.2, 0) is 32.6 Å². The molecule has 9 heteroatoms. The summed E-state index contributed by atoms with van der Waals surface area (Å²) in [7, 11) is -3.87. The average molecular weight is 540 g/mol. The molecule has 1 atom stereocenters. The van der Waals surface area contributed by atoms with E-state index in [1.54, 1.807) is 44.2 Å². The smallest absolute Gasteiger partial charge is 0.244 e. The molecular formula is C29H34FN3O4S. The number of rotatable bonds is 11. The molecule has 38 heavy (non-hydrogen) atoms. The molecule has 2 amide bonds. The first-order valence-corrected chi connectivity index (χ1v) is 14.3. The molecule has 1 unspecified atom stereocenters. The second kappa shape index (κ2) is 12.7. The summed E-state index contributed by atoms with van der Waals surface area (Å²) in [5, 5.41) is 2.77. The second-order valence-corrected chi connectivity index (χ2v) is 11.2. The minimum atomic E-state index is -3.87. The van der Waals surface area contributed by atoms with Crippen molar-refractivity contribution in [2.24, 2.45) is 0 Å². The third-order valence-corrected chi connectivity index (χ3v) is 7.35. The molecule has 0 aliphatic heterocycles. The van der Waals surface area contributed by atoms with Crippen LogP contribution in [0.4, 0.5) is 10.1 Å². The number of benzene rings is 3. The van der Waals surface area contributed by atoms with Gasteiger partial charge in [0, 0.05) is 25.1 Å². The zero-order valence-electron chi connectivity index (χ0n) is 22.1. The Hall–Kier alpha value is -3.72. The maximum absolute atomic E-state index is 14.7. The molecule has 0 aliphatic rings. The van der Waals surface area contributed by atoms with Crippen LogP contribution in [0, 0.1) is 19.7 Å². The summed E-state index contributed by atoms with van der Waals surface area (Å²) >= 11 is 0. The Morgan fingerprint density at radius 1 is 0.974 bits per heavy atom. The van der Waals surface area contributed by atoms with E-state index < -0.39 is 40.2 Å². The van der Waals surface area contributed by atoms with Crippen molar-refractivity contribution in [3.8, 4) is 0 Å². The highest BCUT2D eigenvalue weighted by atomic mass is 32.2. The number of hydrogen-bond donors (Lipinski definition) is 1. The van der Waals surface area contributed by atoms with Gasteiger partial charge in [-0.1, -0.05) is 66.2 Å². The minimum Gasteiger partial charge on any atom is -0.355 e. The lowest BCUT2D eigenvalue weighted by atomic mass is 10.0. The molecule has 0 radical (unpaired) electrons. The van der Waals surface area contributed by atoms with Crippen molar-refractivity contribution in [2.75, 3.05) is 23.7 Å². The van der Waals surface area contributed by atoms with E-state index in [1.807, 2.05) is 43.3 Å². The van der Waals surface area contributed by atoms with Crippen LogP contribution in [0.25, 0.3) is 0 Å². The molecule has 0 fully saturated rings. The topological polar surface area (TPSA) is 86.8 Å². The standard InChI is InChI=1S/C29H34FN3O4S/c1-5-31-29(35)27(18-23-11-7-6-8-12-23)32(19-24-13-9-10-14-25(24)30)28(34)20-33(38(4,36)37)26-16-15-21(2)17-22(26)3/h6-17,27H,5,18-20H2,1-4H3,(H,31,35). The largest absolute Gasteiger partial charge is 0.355 e. The Labute approximate surface area is 224 Å². The highest BCUT2D eigenvalue weighted by Gasteiger charge is 2.33. The van der Waals surface area contributed by atoms with Gasteiger partial charge in [-0.15, -0.1) is 0 Å². The molecule has 3 aromatic rings. The van der Waals surface area contributed by atoms with Gasteiger partial charge in [-0.05, 0) is 44.0 Å². The van der Waals surface area contributed by atoms with Crippen LogP contribution >= 0.6 is 0 Å². The van der Waals surface area contributed by atoms with E-state index >= 15 is 0 Å². The number of likely N-dealkylation sites (N-methyl/N-ethyl adjacent to an activating group) is 1. The van der Waals surface area contributed by atoms with Crippen LogP contribution in [-0.4, -0.2) is 50.5 Å². The van der Waals surface area contributed by atoms with Crippen LogP contribution in [0.2, 0.25) is 0 Å². The summed E-state index contributed by atoms with van der Waals surface area (Å²) in [5.74, 6) is -1.54. The number of amides is 2. The van der Waals surface area contributed by atoms with E-state index in [1.165, 1.54) is 11.0 Å². The summed E-state index contributed by atoms with van der Waals surface area (Å²) < 4.78 is 41.5. The molecular weight excluding hydrogens is 505 g/mol. The zero-order valence-corrected chi connectivity index (χ0v) is 23.0. The molecule has 3 rings (SSSR count). The van der Waals surface area contributed by atoms with Gasteiger partial charge in [-0.25, -0.2) is 12.8 Å². The molecule has 3 aromatic carbocycles. The normalized spacial score (nSPS) is 12.0. The van der Waals surface area contributed by atoms with Crippen molar-refractivity contribution in [1.29, 1.82) is 0 Å². The van der Waals surface area contributed by atoms with E-state index in [-0.39, 0.29) is 18.5 Å². The monoisotopic (exact) mass is 539 g/mol. The fourth-order valence-electron chi connectivity index (χ4n) is 4.34. The van der Waals surface area contributed by atoms with Gasteiger partial charge in [-0.3, -0.25) is 13.9 Å². The predicted molar refractivity (Wildman–Crippen MR) is 148 cm³/mol. The van der Waals surface area contributed by atoms with Gasteiger partial charge in [0.25, 0.3) is 0 Å². The Kier molecular flexibility index (Phi) is 9.63. The highest BCUT2D eigenvalue weighted by Crippen LogP contribution is 2.25. The van der Waals surface area contributed by atoms with Crippen molar-refractivity contribution in [2.45, 2.75) is 39.8 Å². The molecule has 1 N–H and O–H groups in total. The molecule has 0 spiro atoms. The van der Waals surface area contributed by atoms with E-state index in [0.717, 1.165) is 21.7 Å². The first-order chi connectivity index (χ1) is 18.0. The lowest BCUT2D eigenvalue weighted by Gasteiger charge is -2.33. The van der Waals surface area contributed by atoms with Gasteiger partial charge in [-0.2, -0.15) is 0 Å². The van der Waals surface area contributed by atoms with Gasteiger partial charge < -0.3 is 10.2 Å². The Bertz CT molecular complexity index is 1380. The fourth-order valence-corrected chi connectivity index (χ4v) is 5.24. The summed E-state index contributed by atoms with van der Waals surface area (Å²) in [4.78, 5) is 28.5. The average Bonchev–Trinajstić information content (AvgIpc) is 2.86. The second-order valence-electron chi connectivity index (χ2n) is 9.27. The van der Waals surface area contributed by atoms with E-state index in [9.17, 15) is 22.4 Å². The first-order valence-electron chi connectivity index (χ1n) is 12.4. The van der Waals surface area contributed by atoms with Crippen molar-refractivity contribution in [3.63, 3.8) is 0 Å². The fraction of sp³-hybridized carbons (Fsp3) is 0.310. The maximum atomic E-state index is 14.7. The molecule has 0 aromatic heterocycles. The van der Waals surface area contributed by atoms with Crippen LogP contribution in [0.5, 0.6) is 0 Å². The van der Waals surface area contributed by atoms with Crippen LogP contribution in [0.3, 0.4) is 0 Å². The molecule has 0 aliphatic carbocycles. The maximum Gasteiger partial charge on any atom is 0.244 e. The molecule has 7 nitrogen and oxygen atoms in total. The quantitative estimate of drug-likeness (QED) is 0.399. The lowest BCUT2D eigenvalue weighted by molar-refractivity contribution is -0.140. The molecule has 0 heterocycles. The van der Waals surface area contributed by atoms with E-state index in [4.69, 9.17) is 0 Å². The third kappa shape index (κ3) is 7.41. The van der Waals surface area contributed by atoms with Crippen molar-refractivity contribution in [1.82, 2.24) is 10.2 Å². The number of hydrogen-bond acceptors (Lipinski definition) is 4. The summed E-state index contributed by atoms with van der Waals surface area (Å²) in [6, 6.07) is 19.5. The van der Waals surface area contributed by atoms with E-state index in [0.29, 0.717) is 17.8 Å². The molecule has 0 saturated carbocycles. The molecule has 0 bridgehead atoms. The van der Waals surface area contributed by atoms with Gasteiger partial charge in [0.1, 0.15) is 18.4 Å². The Morgan fingerprint density at radius 3 is 2.24 bits per heavy atom. The summed E-state index contributed by atoms with van der Waals surface area (Å²) in [6.07, 6.45) is 1.21. The molecule has 0 saturated heterocycles. The number of anilines is 1. The number of nitrogens with one attached hydrogen (secondary N) is 1. The summed E-state index contributed by atoms with van der Waals surface area (Å²) in [6.45, 7) is 5.03. The van der Waals surface area contributed by atoms with Crippen LogP contribution in [0.15, 0.2) is 72.8 Å². The minimum absolute atomic E-state index is 0.176. The van der Waals surface area contributed by atoms with Gasteiger partial charge in [0.15, 0.2) is 0 Å². The van der Waals surface area contributed by atoms with Gasteiger partial charge >= 0.3 is 0 Å². The lowest BCUT2D eigenvalue weighted by Crippen LogP contribution is -2.53. The Morgan fingerprint density at radius 2 is 1.63 bits per heavy atom. The van der Waals surface area contributed by atoms with Crippen LogP contribution < -0.4 is 9.62 Å². The number of nitrogens with zero attached hydrogens (tertiary/aromatic N) is 2. The van der Waals surface area contributed by atoms with Crippen LogP contribution in [0.1, 0.15) is 29.2 Å². The van der Waals surface area contributed by atoms with Gasteiger partial charge in [0.2, 0.25) is 21.8 Å². The highest BCUT2D eigenvalue weighted by molar-refractivity contribution is 7.92. The molecule has 202 valence electrons.